The minimum absolute atomic E-state index is 0.406. The van der Waals surface area contributed by atoms with Crippen molar-refractivity contribution in [3.63, 3.8) is 0 Å². The fraction of sp³-hybridized carbons (Fsp3) is 0.0769. The van der Waals surface area contributed by atoms with Gasteiger partial charge in [0.1, 0.15) is 5.82 Å². The van der Waals surface area contributed by atoms with Gasteiger partial charge in [-0.1, -0.05) is 0 Å². The molecule has 2 rings (SSSR count). The van der Waals surface area contributed by atoms with Crippen LogP contribution in [-0.4, -0.2) is 10.9 Å². The summed E-state index contributed by atoms with van der Waals surface area (Å²) < 4.78 is 26.8. The number of nitrogens with zero attached hydrogens (tertiary/aromatic N) is 1. The topological polar surface area (TPSA) is 68.0 Å². The highest BCUT2D eigenvalue weighted by Gasteiger charge is 2.16. The van der Waals surface area contributed by atoms with Gasteiger partial charge in [-0.2, -0.15) is 0 Å². The highest BCUT2D eigenvalue weighted by atomic mass is 19.1. The van der Waals surface area contributed by atoms with Gasteiger partial charge in [0.05, 0.1) is 11.3 Å². The highest BCUT2D eigenvalue weighted by Crippen LogP contribution is 2.20. The average Bonchev–Trinajstić information content (AvgIpc) is 2.36. The van der Waals surface area contributed by atoms with E-state index >= 15 is 0 Å². The Morgan fingerprint density at radius 1 is 1.37 bits per heavy atom. The number of nitrogen functional groups attached to an aromatic ring is 1. The molecule has 0 saturated carbocycles. The number of carbonyl (C=O) groups is 1. The van der Waals surface area contributed by atoms with Crippen molar-refractivity contribution in [3.8, 4) is 0 Å². The van der Waals surface area contributed by atoms with Crippen molar-refractivity contribution in [1.29, 1.82) is 0 Å². The van der Waals surface area contributed by atoms with Gasteiger partial charge in [0, 0.05) is 18.1 Å². The van der Waals surface area contributed by atoms with Gasteiger partial charge in [-0.3, -0.25) is 9.78 Å². The molecular weight excluding hydrogens is 252 g/mol. The lowest BCUT2D eigenvalue weighted by atomic mass is 10.1. The summed E-state index contributed by atoms with van der Waals surface area (Å²) in [6.07, 6.45) is 3.03. The lowest BCUT2D eigenvalue weighted by Crippen LogP contribution is -2.16. The number of anilines is 2. The molecule has 0 unspecified atom stereocenters. The van der Waals surface area contributed by atoms with Crippen LogP contribution < -0.4 is 11.1 Å². The van der Waals surface area contributed by atoms with Crippen LogP contribution in [0.2, 0.25) is 0 Å². The molecular formula is C13H11F2N3O. The normalized spacial score (nSPS) is 10.3. The summed E-state index contributed by atoms with van der Waals surface area (Å²) in [5, 5.41) is 2.48. The predicted octanol–water partition coefficient (Wildman–Crippen LogP) is 2.50. The molecule has 1 heterocycles. The second-order valence-electron chi connectivity index (χ2n) is 4.00. The number of hydrogen-bond acceptors (Lipinski definition) is 3. The molecule has 19 heavy (non-hydrogen) atoms. The van der Waals surface area contributed by atoms with Gasteiger partial charge < -0.3 is 11.1 Å². The Labute approximate surface area is 108 Å². The molecule has 0 saturated heterocycles. The van der Waals surface area contributed by atoms with Crippen LogP contribution in [-0.2, 0) is 0 Å². The van der Waals surface area contributed by atoms with E-state index in [0.717, 1.165) is 12.1 Å². The van der Waals surface area contributed by atoms with Crippen molar-refractivity contribution >= 4 is 17.3 Å². The molecule has 1 aromatic carbocycles. The first-order chi connectivity index (χ1) is 8.99. The molecule has 4 nitrogen and oxygen atoms in total. The summed E-state index contributed by atoms with van der Waals surface area (Å²) in [4.78, 5) is 15.8. The van der Waals surface area contributed by atoms with E-state index in [1.165, 1.54) is 6.20 Å². The van der Waals surface area contributed by atoms with E-state index in [4.69, 9.17) is 5.73 Å². The molecule has 0 aliphatic heterocycles. The van der Waals surface area contributed by atoms with E-state index < -0.39 is 28.8 Å². The average molecular weight is 263 g/mol. The Bertz CT molecular complexity index is 644. The molecule has 6 heteroatoms. The lowest BCUT2D eigenvalue weighted by Gasteiger charge is -2.09. The second-order valence-corrected chi connectivity index (χ2v) is 4.00. The van der Waals surface area contributed by atoms with Crippen molar-refractivity contribution in [2.24, 2.45) is 0 Å². The quantitative estimate of drug-likeness (QED) is 0.818. The molecule has 1 aromatic heterocycles. The van der Waals surface area contributed by atoms with E-state index in [0.29, 0.717) is 11.3 Å². The molecule has 0 aliphatic carbocycles. The van der Waals surface area contributed by atoms with Crippen molar-refractivity contribution in [3.05, 3.63) is 53.4 Å². The van der Waals surface area contributed by atoms with Crippen LogP contribution >= 0.6 is 0 Å². The summed E-state index contributed by atoms with van der Waals surface area (Å²) >= 11 is 0. The van der Waals surface area contributed by atoms with Crippen LogP contribution in [0.15, 0.2) is 30.6 Å². The van der Waals surface area contributed by atoms with Gasteiger partial charge >= 0.3 is 0 Å². The number of nitrogens with two attached hydrogens (primary N) is 1. The Morgan fingerprint density at radius 3 is 2.79 bits per heavy atom. The molecule has 0 bridgehead atoms. The highest BCUT2D eigenvalue weighted by molar-refractivity contribution is 6.05. The Kier molecular flexibility index (Phi) is 3.41. The van der Waals surface area contributed by atoms with Crippen LogP contribution in [0.3, 0.4) is 0 Å². The maximum Gasteiger partial charge on any atom is 0.258 e. The van der Waals surface area contributed by atoms with E-state index in [9.17, 15) is 13.6 Å². The molecule has 2 aromatic rings. The molecule has 0 radical (unpaired) electrons. The lowest BCUT2D eigenvalue weighted by molar-refractivity contribution is 0.102. The van der Waals surface area contributed by atoms with E-state index in [2.05, 4.69) is 10.3 Å². The maximum atomic E-state index is 13.7. The third-order valence-electron chi connectivity index (χ3n) is 2.58. The Balaban J connectivity index is 2.33. The summed E-state index contributed by atoms with van der Waals surface area (Å²) in [6.45, 7) is 1.74. The summed E-state index contributed by atoms with van der Waals surface area (Å²) in [7, 11) is 0. The third kappa shape index (κ3) is 2.67. The summed E-state index contributed by atoms with van der Waals surface area (Å²) in [6, 6.07) is 3.19. The number of pyridine rings is 1. The maximum absolute atomic E-state index is 13.7. The first-order valence-corrected chi connectivity index (χ1v) is 5.45. The standard InChI is InChI=1S/C13H11F2N3O/c1-7-6-17-3-2-11(7)18-13(19)9-4-8(14)5-10(16)12(9)15/h2-6H,16H2,1H3,(H,17,18,19). The van der Waals surface area contributed by atoms with E-state index in [1.807, 2.05) is 0 Å². The summed E-state index contributed by atoms with van der Waals surface area (Å²) in [5.41, 5.74) is 5.62. The molecule has 0 fully saturated rings. The predicted molar refractivity (Wildman–Crippen MR) is 67.7 cm³/mol. The zero-order chi connectivity index (χ0) is 14.0. The number of nitrogens with one attached hydrogen (secondary N) is 1. The fourth-order valence-electron chi connectivity index (χ4n) is 1.58. The number of hydrogen-bond donors (Lipinski definition) is 2. The van der Waals surface area contributed by atoms with Gasteiger partial charge in [0.15, 0.2) is 5.82 Å². The molecule has 0 aliphatic rings. The molecule has 0 spiro atoms. The van der Waals surface area contributed by atoms with Crippen LogP contribution in [0.1, 0.15) is 15.9 Å². The zero-order valence-corrected chi connectivity index (χ0v) is 10.1. The van der Waals surface area contributed by atoms with Crippen LogP contribution in [0.5, 0.6) is 0 Å². The van der Waals surface area contributed by atoms with Crippen LogP contribution in [0, 0.1) is 18.6 Å². The third-order valence-corrected chi connectivity index (χ3v) is 2.58. The number of halogens is 2. The fourth-order valence-corrected chi connectivity index (χ4v) is 1.58. The van der Waals surface area contributed by atoms with E-state index in [1.54, 1.807) is 19.2 Å². The monoisotopic (exact) mass is 263 g/mol. The van der Waals surface area contributed by atoms with Crippen molar-refractivity contribution in [1.82, 2.24) is 4.98 Å². The molecule has 98 valence electrons. The van der Waals surface area contributed by atoms with Gasteiger partial charge in [-0.25, -0.2) is 8.78 Å². The van der Waals surface area contributed by atoms with Gasteiger partial charge in [0.2, 0.25) is 0 Å². The van der Waals surface area contributed by atoms with Crippen molar-refractivity contribution in [2.75, 3.05) is 11.1 Å². The minimum Gasteiger partial charge on any atom is -0.396 e. The number of benzene rings is 1. The van der Waals surface area contributed by atoms with Crippen LogP contribution in [0.4, 0.5) is 20.2 Å². The van der Waals surface area contributed by atoms with Gasteiger partial charge in [-0.05, 0) is 30.7 Å². The van der Waals surface area contributed by atoms with E-state index in [-0.39, 0.29) is 0 Å². The summed E-state index contributed by atoms with van der Waals surface area (Å²) in [5.74, 6) is -2.47. The van der Waals surface area contributed by atoms with Gasteiger partial charge in [-0.15, -0.1) is 0 Å². The Hall–Kier alpha value is -2.50. The first-order valence-electron chi connectivity index (χ1n) is 5.45. The number of rotatable bonds is 2. The second kappa shape index (κ2) is 5.01. The molecule has 0 atom stereocenters. The smallest absolute Gasteiger partial charge is 0.258 e. The first kappa shape index (κ1) is 12.9. The molecule has 1 amide bonds. The number of carbonyl (C=O) groups excluding carboxylic acids is 1. The number of amides is 1. The van der Waals surface area contributed by atoms with Crippen molar-refractivity contribution < 1.29 is 13.6 Å². The largest absolute Gasteiger partial charge is 0.396 e. The number of aryl methyl sites for hydroxylation is 1. The molecule has 3 N–H and O–H groups in total. The zero-order valence-electron chi connectivity index (χ0n) is 10.1. The van der Waals surface area contributed by atoms with Crippen molar-refractivity contribution in [2.45, 2.75) is 6.92 Å². The minimum atomic E-state index is -0.939. The van der Waals surface area contributed by atoms with Gasteiger partial charge in [0.25, 0.3) is 5.91 Å². The SMILES string of the molecule is Cc1cnccc1NC(=O)c1cc(F)cc(N)c1F. The Morgan fingerprint density at radius 2 is 2.11 bits per heavy atom. The van der Waals surface area contributed by atoms with Crippen LogP contribution in [0.25, 0.3) is 0 Å². The number of aromatic nitrogens is 1.